The molecule has 0 amide bonds. The van der Waals surface area contributed by atoms with Crippen LogP contribution in [0.5, 0.6) is 0 Å². The number of imidazole rings is 1. The van der Waals surface area contributed by atoms with E-state index in [9.17, 15) is 9.90 Å². The molecule has 0 spiro atoms. The molecule has 0 aliphatic carbocycles. The highest BCUT2D eigenvalue weighted by Crippen LogP contribution is 2.31. The molecule has 2 aromatic rings. The van der Waals surface area contributed by atoms with E-state index >= 15 is 0 Å². The molecule has 0 atom stereocenters. The minimum absolute atomic E-state index is 0.572. The van der Waals surface area contributed by atoms with Crippen LogP contribution in [0.1, 0.15) is 25.5 Å². The number of carboxylic acids is 1. The molecule has 106 valence electrons. The van der Waals surface area contributed by atoms with Gasteiger partial charge in [-0.3, -0.25) is 14.1 Å². The van der Waals surface area contributed by atoms with E-state index in [0.29, 0.717) is 18.6 Å². The van der Waals surface area contributed by atoms with Crippen LogP contribution in [-0.2, 0) is 11.3 Å². The molecular weight excluding hydrogens is 256 g/mol. The third kappa shape index (κ3) is 2.38. The van der Waals surface area contributed by atoms with E-state index in [0.717, 1.165) is 25.3 Å². The molecule has 0 saturated carbocycles. The molecule has 3 rings (SSSR count). The number of likely N-dealkylation sites (tertiary alicyclic amines) is 1. The van der Waals surface area contributed by atoms with Crippen LogP contribution in [0.4, 0.5) is 0 Å². The first-order chi connectivity index (χ1) is 9.57. The van der Waals surface area contributed by atoms with Crippen molar-refractivity contribution in [3.05, 3.63) is 30.4 Å². The summed E-state index contributed by atoms with van der Waals surface area (Å²) in [5, 5.41) is 9.23. The van der Waals surface area contributed by atoms with Crippen molar-refractivity contribution in [1.29, 1.82) is 0 Å². The Morgan fingerprint density at radius 1 is 1.45 bits per heavy atom. The van der Waals surface area contributed by atoms with Gasteiger partial charge in [-0.1, -0.05) is 0 Å². The predicted octanol–water partition coefficient (Wildman–Crippen LogP) is 1.42. The van der Waals surface area contributed by atoms with Crippen LogP contribution >= 0.6 is 0 Å². The Balaban J connectivity index is 1.66. The van der Waals surface area contributed by atoms with Crippen LogP contribution < -0.4 is 0 Å². The second kappa shape index (κ2) is 4.86. The summed E-state index contributed by atoms with van der Waals surface area (Å²) in [6, 6.07) is 1.87. The number of carbonyl (C=O) groups is 1. The Kier molecular flexibility index (Phi) is 3.17. The summed E-state index contributed by atoms with van der Waals surface area (Å²) in [7, 11) is 0. The fourth-order valence-corrected chi connectivity index (χ4v) is 2.60. The molecule has 1 saturated heterocycles. The van der Waals surface area contributed by atoms with Crippen LogP contribution in [0.3, 0.4) is 0 Å². The molecule has 2 aromatic heterocycles. The molecule has 1 aliphatic rings. The second-order valence-corrected chi connectivity index (χ2v) is 5.70. The summed E-state index contributed by atoms with van der Waals surface area (Å²) in [6.07, 6.45) is 7.01. The van der Waals surface area contributed by atoms with Gasteiger partial charge in [0.1, 0.15) is 0 Å². The number of piperidine rings is 1. The van der Waals surface area contributed by atoms with E-state index in [1.165, 1.54) is 0 Å². The Labute approximate surface area is 117 Å². The number of nitrogens with zero attached hydrogens (tertiary/aromatic N) is 4. The van der Waals surface area contributed by atoms with Crippen molar-refractivity contribution < 1.29 is 9.90 Å². The van der Waals surface area contributed by atoms with Gasteiger partial charge in [-0.15, -0.1) is 0 Å². The number of carboxylic acid groups (broad SMARTS) is 1. The van der Waals surface area contributed by atoms with Gasteiger partial charge in [0.25, 0.3) is 0 Å². The highest BCUT2D eigenvalue weighted by molar-refractivity contribution is 5.74. The maximum Gasteiger partial charge on any atom is 0.309 e. The monoisotopic (exact) mass is 274 g/mol. The predicted molar refractivity (Wildman–Crippen MR) is 73.2 cm³/mol. The van der Waals surface area contributed by atoms with E-state index in [1.54, 1.807) is 6.20 Å². The molecule has 20 heavy (non-hydrogen) atoms. The number of rotatable bonds is 3. The van der Waals surface area contributed by atoms with E-state index < -0.39 is 11.4 Å². The average Bonchev–Trinajstić information content (AvgIpc) is 2.83. The van der Waals surface area contributed by atoms with Gasteiger partial charge in [-0.25, -0.2) is 9.97 Å². The molecule has 0 radical (unpaired) electrons. The molecule has 6 nitrogen and oxygen atoms in total. The van der Waals surface area contributed by atoms with Crippen LogP contribution in [0.15, 0.2) is 24.7 Å². The zero-order valence-corrected chi connectivity index (χ0v) is 11.5. The number of fused-ring (bicyclic) bond motifs is 1. The zero-order valence-electron chi connectivity index (χ0n) is 11.5. The van der Waals surface area contributed by atoms with Crippen molar-refractivity contribution in [2.45, 2.75) is 26.3 Å². The third-order valence-electron chi connectivity index (χ3n) is 4.15. The third-order valence-corrected chi connectivity index (χ3v) is 4.15. The molecule has 1 N–H and O–H groups in total. The number of aromatic nitrogens is 3. The Bertz CT molecular complexity index is 596. The van der Waals surface area contributed by atoms with Crippen molar-refractivity contribution in [1.82, 2.24) is 19.3 Å². The molecular formula is C14H18N4O2. The topological polar surface area (TPSA) is 70.7 Å². The lowest BCUT2D eigenvalue weighted by molar-refractivity contribution is -0.150. The highest BCUT2D eigenvalue weighted by Gasteiger charge is 2.36. The summed E-state index contributed by atoms with van der Waals surface area (Å²) >= 11 is 0. The SMILES string of the molecule is CC1(C(=O)O)CCN(Cc2cn3cccnc3n2)CC1. The van der Waals surface area contributed by atoms with Crippen LogP contribution in [-0.4, -0.2) is 43.4 Å². The Hall–Kier alpha value is -1.95. The largest absolute Gasteiger partial charge is 0.481 e. The Morgan fingerprint density at radius 2 is 2.20 bits per heavy atom. The summed E-state index contributed by atoms with van der Waals surface area (Å²) < 4.78 is 1.90. The summed E-state index contributed by atoms with van der Waals surface area (Å²) in [5.41, 5.74) is 0.402. The molecule has 1 fully saturated rings. The zero-order chi connectivity index (χ0) is 14.2. The van der Waals surface area contributed by atoms with Gasteiger partial charge in [0, 0.05) is 25.1 Å². The minimum Gasteiger partial charge on any atom is -0.481 e. The van der Waals surface area contributed by atoms with Gasteiger partial charge in [0.15, 0.2) is 0 Å². The Morgan fingerprint density at radius 3 is 2.85 bits per heavy atom. The molecule has 0 bridgehead atoms. The van der Waals surface area contributed by atoms with Crippen molar-refractivity contribution in [3.8, 4) is 0 Å². The van der Waals surface area contributed by atoms with E-state index in [4.69, 9.17) is 0 Å². The fraction of sp³-hybridized carbons (Fsp3) is 0.500. The summed E-state index contributed by atoms with van der Waals surface area (Å²) in [4.78, 5) is 22.1. The van der Waals surface area contributed by atoms with Crippen molar-refractivity contribution >= 4 is 11.7 Å². The van der Waals surface area contributed by atoms with Crippen molar-refractivity contribution in [2.75, 3.05) is 13.1 Å². The van der Waals surface area contributed by atoms with Crippen LogP contribution in [0.25, 0.3) is 5.78 Å². The lowest BCUT2D eigenvalue weighted by Gasteiger charge is -2.36. The summed E-state index contributed by atoms with van der Waals surface area (Å²) in [5.74, 6) is 0.0176. The molecule has 0 unspecified atom stereocenters. The first kappa shape index (κ1) is 13.1. The molecule has 0 aromatic carbocycles. The van der Waals surface area contributed by atoms with Gasteiger partial charge in [-0.2, -0.15) is 0 Å². The minimum atomic E-state index is -0.686. The maximum absolute atomic E-state index is 11.2. The van der Waals surface area contributed by atoms with Crippen LogP contribution in [0.2, 0.25) is 0 Å². The standard InChI is InChI=1S/C14H18N4O2/c1-14(12(19)20)3-7-17(8-4-14)9-11-10-18-6-2-5-15-13(18)16-11/h2,5-6,10H,3-4,7-9H2,1H3,(H,19,20). The normalized spacial score (nSPS) is 19.2. The summed E-state index contributed by atoms with van der Waals surface area (Å²) in [6.45, 7) is 4.18. The number of aliphatic carboxylic acids is 1. The smallest absolute Gasteiger partial charge is 0.309 e. The van der Waals surface area contributed by atoms with Gasteiger partial charge in [-0.05, 0) is 38.9 Å². The van der Waals surface area contributed by atoms with Gasteiger partial charge < -0.3 is 5.11 Å². The number of hydrogen-bond acceptors (Lipinski definition) is 4. The number of hydrogen-bond donors (Lipinski definition) is 1. The maximum atomic E-state index is 11.2. The second-order valence-electron chi connectivity index (χ2n) is 5.70. The fourth-order valence-electron chi connectivity index (χ4n) is 2.60. The molecule has 1 aliphatic heterocycles. The molecule has 3 heterocycles. The van der Waals surface area contributed by atoms with Gasteiger partial charge >= 0.3 is 5.97 Å². The highest BCUT2D eigenvalue weighted by atomic mass is 16.4. The first-order valence-corrected chi connectivity index (χ1v) is 6.81. The first-order valence-electron chi connectivity index (χ1n) is 6.81. The van der Waals surface area contributed by atoms with Crippen molar-refractivity contribution in [3.63, 3.8) is 0 Å². The lowest BCUT2D eigenvalue weighted by atomic mass is 9.80. The van der Waals surface area contributed by atoms with Gasteiger partial charge in [0.2, 0.25) is 5.78 Å². The van der Waals surface area contributed by atoms with E-state index in [1.807, 2.05) is 29.8 Å². The van der Waals surface area contributed by atoms with Crippen LogP contribution in [0, 0.1) is 5.41 Å². The molecule has 6 heteroatoms. The van der Waals surface area contributed by atoms with Gasteiger partial charge in [0.05, 0.1) is 11.1 Å². The van der Waals surface area contributed by atoms with E-state index in [2.05, 4.69) is 14.9 Å². The average molecular weight is 274 g/mol. The quantitative estimate of drug-likeness (QED) is 0.916. The van der Waals surface area contributed by atoms with Crippen molar-refractivity contribution in [2.24, 2.45) is 5.41 Å². The lowest BCUT2D eigenvalue weighted by Crippen LogP contribution is -2.42. The van der Waals surface area contributed by atoms with E-state index in [-0.39, 0.29) is 0 Å².